The molecule has 1 N–H and O–H groups in total. The van der Waals surface area contributed by atoms with Crippen LogP contribution in [-0.2, 0) is 24.3 Å². The zero-order valence-corrected chi connectivity index (χ0v) is 17.8. The van der Waals surface area contributed by atoms with Gasteiger partial charge in [0.15, 0.2) is 0 Å². The van der Waals surface area contributed by atoms with Gasteiger partial charge in [-0.3, -0.25) is 4.79 Å². The van der Waals surface area contributed by atoms with Crippen molar-refractivity contribution in [3.05, 3.63) is 29.8 Å². The summed E-state index contributed by atoms with van der Waals surface area (Å²) < 4.78 is 31.7. The Morgan fingerprint density at radius 2 is 1.79 bits per heavy atom. The maximum Gasteiger partial charge on any atom is 0.331 e. The third-order valence-corrected chi connectivity index (χ3v) is 7.50. The molecule has 0 spiro atoms. The van der Waals surface area contributed by atoms with Gasteiger partial charge in [-0.1, -0.05) is 25.0 Å². The number of sulfonamides is 1. The van der Waals surface area contributed by atoms with E-state index in [1.54, 1.807) is 0 Å². The summed E-state index contributed by atoms with van der Waals surface area (Å²) >= 11 is 0. The lowest BCUT2D eigenvalue weighted by Crippen LogP contribution is -2.56. The highest BCUT2D eigenvalue weighted by Crippen LogP contribution is 2.31. The fraction of sp³-hybridized carbons (Fsp3) is 0.600. The molecule has 1 aliphatic heterocycles. The number of nitrogens with zero attached hydrogens (tertiary/aromatic N) is 2. The van der Waals surface area contributed by atoms with Crippen molar-refractivity contribution in [3.8, 4) is 0 Å². The number of hydrogen-bond donors (Lipinski definition) is 1. The molecule has 0 bridgehead atoms. The summed E-state index contributed by atoms with van der Waals surface area (Å²) in [5.74, 6) is -1.82. The second kappa shape index (κ2) is 8.71. The lowest BCUT2D eigenvalue weighted by atomic mass is 9.98. The Hall–Kier alpha value is -2.13. The van der Waals surface area contributed by atoms with Crippen molar-refractivity contribution in [1.29, 1.82) is 0 Å². The van der Waals surface area contributed by atoms with E-state index in [-0.39, 0.29) is 0 Å². The molecular formula is C20H29N3O5S. The number of ether oxygens (including phenoxy) is 1. The fourth-order valence-electron chi connectivity index (χ4n) is 4.16. The zero-order chi connectivity index (χ0) is 21.1. The Bertz CT molecular complexity index is 857. The molecule has 1 aromatic carbocycles. The number of esters is 1. The molecule has 0 aromatic heterocycles. The first-order chi connectivity index (χ1) is 13.8. The van der Waals surface area contributed by atoms with Gasteiger partial charge in [-0.2, -0.15) is 4.31 Å². The van der Waals surface area contributed by atoms with Crippen LogP contribution in [0.2, 0.25) is 0 Å². The van der Waals surface area contributed by atoms with Crippen molar-refractivity contribution in [2.45, 2.75) is 38.1 Å². The maximum absolute atomic E-state index is 12.7. The van der Waals surface area contributed by atoms with E-state index < -0.39 is 33.2 Å². The first-order valence-electron chi connectivity index (χ1n) is 9.95. The van der Waals surface area contributed by atoms with Crippen LogP contribution >= 0.6 is 0 Å². The molecule has 1 amide bonds. The van der Waals surface area contributed by atoms with Crippen molar-refractivity contribution in [1.82, 2.24) is 9.62 Å². The van der Waals surface area contributed by atoms with E-state index in [0.717, 1.165) is 24.1 Å². The number of rotatable bonds is 6. The Morgan fingerprint density at radius 1 is 1.14 bits per heavy atom. The average Bonchev–Trinajstić information content (AvgIpc) is 3.16. The summed E-state index contributed by atoms with van der Waals surface area (Å²) in [6.07, 6.45) is 2.54. The van der Waals surface area contributed by atoms with Crippen LogP contribution in [-0.4, -0.2) is 69.2 Å². The van der Waals surface area contributed by atoms with Gasteiger partial charge in [-0.15, -0.1) is 0 Å². The number of amides is 1. The van der Waals surface area contributed by atoms with Crippen LogP contribution in [0.15, 0.2) is 24.3 Å². The summed E-state index contributed by atoms with van der Waals surface area (Å²) in [6.45, 7) is 3.80. The van der Waals surface area contributed by atoms with Crippen molar-refractivity contribution >= 4 is 27.6 Å². The van der Waals surface area contributed by atoms with Gasteiger partial charge in [-0.25, -0.2) is 13.2 Å². The molecule has 8 nitrogen and oxygen atoms in total. The Kier molecular flexibility index (Phi) is 6.48. The van der Waals surface area contributed by atoms with Gasteiger partial charge in [0.1, 0.15) is 11.3 Å². The van der Waals surface area contributed by atoms with Crippen LogP contribution in [0.4, 0.5) is 5.69 Å². The number of carbonyl (C=O) groups is 2. The number of anilines is 1. The quantitative estimate of drug-likeness (QED) is 0.687. The van der Waals surface area contributed by atoms with Crippen LogP contribution in [0.25, 0.3) is 0 Å². The summed E-state index contributed by atoms with van der Waals surface area (Å²) in [5, 5.41) is 2.65. The molecule has 1 saturated carbocycles. The average molecular weight is 424 g/mol. The molecule has 160 valence electrons. The Labute approximate surface area is 172 Å². The van der Waals surface area contributed by atoms with Gasteiger partial charge in [-0.05, 0) is 37.5 Å². The summed E-state index contributed by atoms with van der Waals surface area (Å²) in [6, 6.07) is 8.09. The lowest BCUT2D eigenvalue weighted by molar-refractivity contribution is -0.150. The zero-order valence-electron chi connectivity index (χ0n) is 17.0. The summed E-state index contributed by atoms with van der Waals surface area (Å²) in [7, 11) is -2.48. The van der Waals surface area contributed by atoms with E-state index in [0.29, 0.717) is 39.0 Å². The molecule has 0 unspecified atom stereocenters. The summed E-state index contributed by atoms with van der Waals surface area (Å²) in [5.41, 5.74) is 1.13. The molecule has 1 aromatic rings. The predicted octanol–water partition coefficient (Wildman–Crippen LogP) is 1.05. The number of methoxy groups -OCH3 is 1. The molecule has 1 heterocycles. The van der Waals surface area contributed by atoms with E-state index in [2.05, 4.69) is 16.3 Å². The largest absolute Gasteiger partial charge is 0.467 e. The highest BCUT2D eigenvalue weighted by Gasteiger charge is 2.44. The molecule has 1 saturated heterocycles. The Morgan fingerprint density at radius 3 is 2.38 bits per heavy atom. The van der Waals surface area contributed by atoms with Crippen LogP contribution in [0.3, 0.4) is 0 Å². The van der Waals surface area contributed by atoms with E-state index in [1.165, 1.54) is 11.4 Å². The fourth-order valence-corrected chi connectivity index (χ4v) is 5.47. The number of hydrogen-bond acceptors (Lipinski definition) is 6. The molecule has 1 aliphatic carbocycles. The number of carbonyl (C=O) groups excluding carboxylic acids is 2. The highest BCUT2D eigenvalue weighted by molar-refractivity contribution is 7.89. The van der Waals surface area contributed by atoms with E-state index in [1.807, 2.05) is 25.1 Å². The third kappa shape index (κ3) is 4.90. The van der Waals surface area contributed by atoms with Crippen LogP contribution in [0.5, 0.6) is 0 Å². The molecule has 9 heteroatoms. The van der Waals surface area contributed by atoms with Crippen LogP contribution < -0.4 is 10.2 Å². The monoisotopic (exact) mass is 423 g/mol. The number of aryl methyl sites for hydroxylation is 1. The Balaban J connectivity index is 1.58. The number of benzene rings is 1. The van der Waals surface area contributed by atoms with Crippen molar-refractivity contribution in [3.63, 3.8) is 0 Å². The number of nitrogens with one attached hydrogen (secondary N) is 1. The smallest absolute Gasteiger partial charge is 0.331 e. The molecule has 2 aliphatic rings. The van der Waals surface area contributed by atoms with Crippen LogP contribution in [0, 0.1) is 6.92 Å². The predicted molar refractivity (Wildman–Crippen MR) is 110 cm³/mol. The molecule has 3 rings (SSSR count). The van der Waals surface area contributed by atoms with Gasteiger partial charge in [0.05, 0.1) is 7.11 Å². The SMILES string of the molecule is COC(=O)C1(NC(=O)CS(=O)(=O)N2CCN(c3cccc(C)c3)CC2)CCCC1. The van der Waals surface area contributed by atoms with Crippen molar-refractivity contribution < 1.29 is 22.7 Å². The van der Waals surface area contributed by atoms with Crippen molar-refractivity contribution in [2.24, 2.45) is 0 Å². The van der Waals surface area contributed by atoms with Gasteiger partial charge in [0, 0.05) is 31.9 Å². The first-order valence-corrected chi connectivity index (χ1v) is 11.6. The number of piperazine rings is 1. The van der Waals surface area contributed by atoms with Crippen molar-refractivity contribution in [2.75, 3.05) is 43.9 Å². The minimum Gasteiger partial charge on any atom is -0.467 e. The molecule has 29 heavy (non-hydrogen) atoms. The van der Waals surface area contributed by atoms with Gasteiger partial charge in [0.25, 0.3) is 0 Å². The van der Waals surface area contributed by atoms with Crippen LogP contribution in [0.1, 0.15) is 31.2 Å². The summed E-state index contributed by atoms with van der Waals surface area (Å²) in [4.78, 5) is 26.7. The second-order valence-corrected chi connectivity index (χ2v) is 9.78. The van der Waals surface area contributed by atoms with Gasteiger partial charge < -0.3 is 15.0 Å². The minimum absolute atomic E-state index is 0.325. The van der Waals surface area contributed by atoms with E-state index >= 15 is 0 Å². The topological polar surface area (TPSA) is 96.0 Å². The maximum atomic E-state index is 12.7. The third-order valence-electron chi connectivity index (χ3n) is 5.72. The first kappa shape index (κ1) is 21.6. The van der Waals surface area contributed by atoms with Gasteiger partial charge >= 0.3 is 5.97 Å². The van der Waals surface area contributed by atoms with Gasteiger partial charge in [0.2, 0.25) is 15.9 Å². The second-order valence-electron chi connectivity index (χ2n) is 7.81. The van der Waals surface area contributed by atoms with E-state index in [9.17, 15) is 18.0 Å². The lowest BCUT2D eigenvalue weighted by Gasteiger charge is -2.35. The minimum atomic E-state index is -3.75. The molecule has 2 fully saturated rings. The molecule has 0 radical (unpaired) electrons. The highest BCUT2D eigenvalue weighted by atomic mass is 32.2. The molecule has 0 atom stereocenters. The normalized spacial score (nSPS) is 19.7. The standard InChI is InChI=1S/C20H29N3O5S/c1-16-6-5-7-17(14-16)22-10-12-23(13-11-22)29(26,27)15-18(24)21-20(19(25)28-2)8-3-4-9-20/h5-7,14H,3-4,8-13,15H2,1-2H3,(H,21,24). The molecular weight excluding hydrogens is 394 g/mol. The van der Waals surface area contributed by atoms with E-state index in [4.69, 9.17) is 4.74 Å².